The lowest BCUT2D eigenvalue weighted by Crippen LogP contribution is -2.33. The fourth-order valence-electron chi connectivity index (χ4n) is 2.45. The molecule has 1 unspecified atom stereocenters. The molecule has 1 amide bonds. The second-order valence-electron chi connectivity index (χ2n) is 7.56. The number of nitrogens with zero attached hydrogens (tertiary/aromatic N) is 2. The largest absolute Gasteiger partial charge is 0.486 e. The van der Waals surface area contributed by atoms with Crippen molar-refractivity contribution in [3.8, 4) is 11.5 Å². The number of rotatable bonds is 5. The van der Waals surface area contributed by atoms with Crippen LogP contribution in [0.3, 0.4) is 0 Å². The molecule has 3 rings (SSSR count). The standard InChI is InChI=1S/C18H23N3O6S/c1-11(28(23,24)10-15-20-17(27-21-15)18(2,3)4)16(22)19-12-5-6-13-14(9-12)26-8-7-25-13/h5-6,9,11H,7-8,10H2,1-4H3,(H,19,22). The lowest BCUT2D eigenvalue weighted by Gasteiger charge is -2.19. The average molecular weight is 409 g/mol. The van der Waals surface area contributed by atoms with Crippen molar-refractivity contribution in [3.63, 3.8) is 0 Å². The predicted octanol–water partition coefficient (Wildman–Crippen LogP) is 2.08. The van der Waals surface area contributed by atoms with Crippen molar-refractivity contribution in [2.45, 2.75) is 44.1 Å². The third-order valence-electron chi connectivity index (χ3n) is 4.16. The van der Waals surface area contributed by atoms with Crippen LogP contribution in [0.1, 0.15) is 39.4 Å². The van der Waals surface area contributed by atoms with Crippen LogP contribution in [0.4, 0.5) is 5.69 Å². The van der Waals surface area contributed by atoms with Gasteiger partial charge in [-0.3, -0.25) is 4.79 Å². The van der Waals surface area contributed by atoms with Crippen LogP contribution in [-0.4, -0.2) is 42.9 Å². The Bertz CT molecular complexity index is 977. The van der Waals surface area contributed by atoms with E-state index in [9.17, 15) is 13.2 Å². The Morgan fingerprint density at radius 1 is 1.21 bits per heavy atom. The molecular weight excluding hydrogens is 386 g/mol. The summed E-state index contributed by atoms with van der Waals surface area (Å²) in [7, 11) is -3.84. The van der Waals surface area contributed by atoms with Crippen LogP contribution in [0.25, 0.3) is 0 Å². The van der Waals surface area contributed by atoms with Crippen molar-refractivity contribution in [1.29, 1.82) is 0 Å². The van der Waals surface area contributed by atoms with Crippen LogP contribution < -0.4 is 14.8 Å². The molecule has 0 radical (unpaired) electrons. The maximum Gasteiger partial charge on any atom is 0.242 e. The van der Waals surface area contributed by atoms with Crippen LogP contribution in [0, 0.1) is 0 Å². The average Bonchev–Trinajstić information content (AvgIpc) is 3.09. The Morgan fingerprint density at radius 3 is 2.54 bits per heavy atom. The Balaban J connectivity index is 1.68. The van der Waals surface area contributed by atoms with Gasteiger partial charge in [0.1, 0.15) is 24.2 Å². The molecule has 0 saturated heterocycles. The zero-order chi connectivity index (χ0) is 20.5. The third-order valence-corrected chi connectivity index (χ3v) is 6.11. The van der Waals surface area contributed by atoms with Gasteiger partial charge in [0.25, 0.3) is 0 Å². The van der Waals surface area contributed by atoms with Crippen molar-refractivity contribution in [2.24, 2.45) is 0 Å². The van der Waals surface area contributed by atoms with E-state index in [4.69, 9.17) is 14.0 Å². The molecule has 2 aromatic rings. The summed E-state index contributed by atoms with van der Waals surface area (Å²) in [5, 5.41) is 5.02. The van der Waals surface area contributed by atoms with E-state index in [1.54, 1.807) is 18.2 Å². The Morgan fingerprint density at radius 2 is 1.89 bits per heavy atom. The Labute approximate surface area is 163 Å². The number of hydrogen-bond donors (Lipinski definition) is 1. The zero-order valence-electron chi connectivity index (χ0n) is 16.2. The highest BCUT2D eigenvalue weighted by Crippen LogP contribution is 2.32. The van der Waals surface area contributed by atoms with Gasteiger partial charge in [-0.15, -0.1) is 0 Å². The quantitative estimate of drug-likeness (QED) is 0.797. The van der Waals surface area contributed by atoms with E-state index < -0.39 is 32.2 Å². The molecule has 1 atom stereocenters. The first-order valence-electron chi connectivity index (χ1n) is 8.81. The molecule has 1 aromatic carbocycles. The summed E-state index contributed by atoms with van der Waals surface area (Å²) in [4.78, 5) is 16.6. The lowest BCUT2D eigenvalue weighted by atomic mass is 9.97. The molecule has 152 valence electrons. The van der Waals surface area contributed by atoms with Gasteiger partial charge in [-0.05, 0) is 19.1 Å². The number of sulfone groups is 1. The van der Waals surface area contributed by atoms with E-state index in [2.05, 4.69) is 15.5 Å². The van der Waals surface area contributed by atoms with E-state index in [0.29, 0.717) is 36.3 Å². The minimum Gasteiger partial charge on any atom is -0.486 e. The van der Waals surface area contributed by atoms with Crippen molar-refractivity contribution < 1.29 is 27.2 Å². The van der Waals surface area contributed by atoms with Gasteiger partial charge in [0.15, 0.2) is 27.2 Å². The van der Waals surface area contributed by atoms with Crippen LogP contribution in [-0.2, 0) is 25.8 Å². The SMILES string of the molecule is CC(C(=O)Nc1ccc2c(c1)OCCO2)S(=O)(=O)Cc1noc(C(C)(C)C)n1. The number of nitrogens with one attached hydrogen (secondary N) is 1. The van der Waals surface area contributed by atoms with Gasteiger partial charge in [-0.2, -0.15) is 4.98 Å². The van der Waals surface area contributed by atoms with Crippen LogP contribution >= 0.6 is 0 Å². The second-order valence-corrected chi connectivity index (χ2v) is 9.88. The molecule has 28 heavy (non-hydrogen) atoms. The first kappa shape index (κ1) is 20.1. The third kappa shape index (κ3) is 4.44. The molecule has 2 heterocycles. The van der Waals surface area contributed by atoms with E-state index in [0.717, 1.165) is 0 Å². The van der Waals surface area contributed by atoms with Gasteiger partial charge in [0, 0.05) is 17.2 Å². The molecule has 0 aliphatic carbocycles. The monoisotopic (exact) mass is 409 g/mol. The molecule has 9 nitrogen and oxygen atoms in total. The summed E-state index contributed by atoms with van der Waals surface area (Å²) in [6.07, 6.45) is 0. The molecule has 1 aliphatic rings. The minimum absolute atomic E-state index is 0.0314. The summed E-state index contributed by atoms with van der Waals surface area (Å²) >= 11 is 0. The highest BCUT2D eigenvalue weighted by molar-refractivity contribution is 7.92. The highest BCUT2D eigenvalue weighted by atomic mass is 32.2. The summed E-state index contributed by atoms with van der Waals surface area (Å²) in [5.74, 6) is 0.312. The number of carbonyl (C=O) groups is 1. The van der Waals surface area contributed by atoms with Crippen LogP contribution in [0.15, 0.2) is 22.7 Å². The predicted molar refractivity (Wildman–Crippen MR) is 101 cm³/mol. The van der Waals surface area contributed by atoms with Crippen molar-refractivity contribution >= 4 is 21.4 Å². The highest BCUT2D eigenvalue weighted by Gasteiger charge is 2.31. The van der Waals surface area contributed by atoms with E-state index >= 15 is 0 Å². The summed E-state index contributed by atoms with van der Waals surface area (Å²) in [6, 6.07) is 4.89. The minimum atomic E-state index is -3.84. The smallest absolute Gasteiger partial charge is 0.242 e. The molecule has 0 bridgehead atoms. The summed E-state index contributed by atoms with van der Waals surface area (Å²) in [5.41, 5.74) is 0.0295. The number of anilines is 1. The van der Waals surface area contributed by atoms with Crippen LogP contribution in [0.5, 0.6) is 11.5 Å². The molecule has 0 spiro atoms. The molecule has 1 N–H and O–H groups in total. The molecule has 0 fully saturated rings. The van der Waals surface area contributed by atoms with Gasteiger partial charge < -0.3 is 19.3 Å². The first-order chi connectivity index (χ1) is 13.1. The van der Waals surface area contributed by atoms with Crippen LogP contribution in [0.2, 0.25) is 0 Å². The summed E-state index contributed by atoms with van der Waals surface area (Å²) in [6.45, 7) is 7.83. The van der Waals surface area contributed by atoms with Gasteiger partial charge in [-0.25, -0.2) is 8.42 Å². The zero-order valence-corrected chi connectivity index (χ0v) is 17.0. The van der Waals surface area contributed by atoms with Crippen molar-refractivity contribution in [1.82, 2.24) is 10.1 Å². The Hall–Kier alpha value is -2.62. The number of benzene rings is 1. The normalized spacial score (nSPS) is 15.1. The van der Waals surface area contributed by atoms with E-state index in [-0.39, 0.29) is 5.82 Å². The number of hydrogen-bond acceptors (Lipinski definition) is 8. The fourth-order valence-corrected chi connectivity index (χ4v) is 3.56. The van der Waals surface area contributed by atoms with E-state index in [1.165, 1.54) is 6.92 Å². The maximum absolute atomic E-state index is 12.6. The van der Waals surface area contributed by atoms with Gasteiger partial charge in [-0.1, -0.05) is 25.9 Å². The topological polar surface area (TPSA) is 121 Å². The van der Waals surface area contributed by atoms with Gasteiger partial charge >= 0.3 is 0 Å². The molecule has 10 heteroatoms. The number of amides is 1. The van der Waals surface area contributed by atoms with E-state index in [1.807, 2.05) is 20.8 Å². The molecule has 1 aliphatic heterocycles. The van der Waals surface area contributed by atoms with Gasteiger partial charge in [0.05, 0.1) is 0 Å². The van der Waals surface area contributed by atoms with Gasteiger partial charge in [0.2, 0.25) is 11.8 Å². The number of aromatic nitrogens is 2. The maximum atomic E-state index is 12.6. The molecular formula is C18H23N3O6S. The number of ether oxygens (including phenoxy) is 2. The number of carbonyl (C=O) groups excluding carboxylic acids is 1. The van der Waals surface area contributed by atoms with Crippen molar-refractivity contribution in [3.05, 3.63) is 29.9 Å². The second kappa shape index (κ2) is 7.42. The molecule has 0 saturated carbocycles. The molecule has 1 aromatic heterocycles. The lowest BCUT2D eigenvalue weighted by molar-refractivity contribution is -0.115. The first-order valence-corrected chi connectivity index (χ1v) is 10.5. The number of fused-ring (bicyclic) bond motifs is 1. The summed E-state index contributed by atoms with van der Waals surface area (Å²) < 4.78 is 41.2. The Kier molecular flexibility index (Phi) is 5.33. The van der Waals surface area contributed by atoms with Crippen molar-refractivity contribution in [2.75, 3.05) is 18.5 Å². The fraction of sp³-hybridized carbons (Fsp3) is 0.500.